The van der Waals surface area contributed by atoms with Crippen LogP contribution in [0.1, 0.15) is 0 Å². The molecule has 4 atom stereocenters. The highest BCUT2D eigenvalue weighted by molar-refractivity contribution is 6.05. The van der Waals surface area contributed by atoms with Crippen LogP contribution in [0.5, 0.6) is 11.5 Å². The number of amides is 2. The first-order valence-electron chi connectivity index (χ1n) is 9.82. The van der Waals surface area contributed by atoms with Crippen LogP contribution in [0.3, 0.4) is 0 Å². The molecule has 1 spiro atoms. The van der Waals surface area contributed by atoms with Gasteiger partial charge < -0.3 is 24.4 Å². The molecule has 0 aliphatic carbocycles. The van der Waals surface area contributed by atoms with Crippen molar-refractivity contribution in [1.29, 1.82) is 0 Å². The Labute approximate surface area is 174 Å². The van der Waals surface area contributed by atoms with E-state index in [1.54, 1.807) is 43.4 Å². The van der Waals surface area contributed by atoms with Crippen molar-refractivity contribution < 1.29 is 23.8 Å². The van der Waals surface area contributed by atoms with Crippen LogP contribution in [-0.4, -0.2) is 44.3 Å². The molecule has 0 aromatic heterocycles. The Kier molecular flexibility index (Phi) is 4.29. The molecule has 3 heterocycles. The van der Waals surface area contributed by atoms with Crippen LogP contribution in [0.2, 0.25) is 0 Å². The van der Waals surface area contributed by atoms with E-state index in [0.717, 1.165) is 11.4 Å². The molecule has 154 valence electrons. The Balaban J connectivity index is 1.39. The fourth-order valence-corrected chi connectivity index (χ4v) is 4.68. The maximum Gasteiger partial charge on any atom is 0.234 e. The van der Waals surface area contributed by atoms with E-state index in [4.69, 9.17) is 14.2 Å². The number of carbonyl (C=O) groups is 2. The van der Waals surface area contributed by atoms with Gasteiger partial charge in [-0.3, -0.25) is 9.59 Å². The second-order valence-electron chi connectivity index (χ2n) is 7.74. The zero-order valence-electron chi connectivity index (χ0n) is 16.7. The van der Waals surface area contributed by atoms with E-state index in [-0.39, 0.29) is 11.8 Å². The summed E-state index contributed by atoms with van der Waals surface area (Å²) < 4.78 is 16.5. The molecule has 0 radical (unpaired) electrons. The minimum atomic E-state index is -0.760. The SMILES string of the molecule is COc1ccc(NC(=O)C2C3C=CC4(CN(c5ccc(OC)cc5)C(=O)C24)O3)cc1. The third kappa shape index (κ3) is 2.77. The molecular formula is C23H22N2O5. The van der Waals surface area contributed by atoms with Crippen LogP contribution in [0.4, 0.5) is 11.4 Å². The lowest BCUT2D eigenvalue weighted by Gasteiger charge is -2.23. The van der Waals surface area contributed by atoms with E-state index < -0.39 is 23.5 Å². The summed E-state index contributed by atoms with van der Waals surface area (Å²) in [6.07, 6.45) is 3.45. The molecule has 2 bridgehead atoms. The van der Waals surface area contributed by atoms with Crippen LogP contribution in [0, 0.1) is 11.8 Å². The van der Waals surface area contributed by atoms with E-state index in [9.17, 15) is 9.59 Å². The molecule has 0 saturated carbocycles. The van der Waals surface area contributed by atoms with Crippen molar-refractivity contribution in [3.05, 3.63) is 60.7 Å². The van der Waals surface area contributed by atoms with Gasteiger partial charge in [0.1, 0.15) is 17.1 Å². The Bertz CT molecular complexity index is 1020. The molecular weight excluding hydrogens is 384 g/mol. The first-order valence-corrected chi connectivity index (χ1v) is 9.82. The Hall–Kier alpha value is -3.32. The minimum Gasteiger partial charge on any atom is -0.497 e. The molecule has 3 aliphatic heterocycles. The lowest BCUT2D eigenvalue weighted by atomic mass is 9.77. The van der Waals surface area contributed by atoms with Crippen molar-refractivity contribution in [2.75, 3.05) is 31.0 Å². The number of fused-ring (bicyclic) bond motifs is 1. The number of methoxy groups -OCH3 is 2. The van der Waals surface area contributed by atoms with Crippen molar-refractivity contribution in [1.82, 2.24) is 0 Å². The highest BCUT2D eigenvalue weighted by Crippen LogP contribution is 2.52. The summed E-state index contributed by atoms with van der Waals surface area (Å²) in [5.74, 6) is -0.00857. The fourth-order valence-electron chi connectivity index (χ4n) is 4.68. The molecule has 2 aromatic carbocycles. The predicted molar refractivity (Wildman–Crippen MR) is 111 cm³/mol. The monoisotopic (exact) mass is 406 g/mol. The van der Waals surface area contributed by atoms with E-state index in [1.807, 2.05) is 36.4 Å². The van der Waals surface area contributed by atoms with Crippen LogP contribution in [-0.2, 0) is 14.3 Å². The molecule has 7 nitrogen and oxygen atoms in total. The van der Waals surface area contributed by atoms with Gasteiger partial charge in [-0.25, -0.2) is 0 Å². The number of hydrogen-bond donors (Lipinski definition) is 1. The average molecular weight is 406 g/mol. The number of carbonyl (C=O) groups excluding carboxylic acids is 2. The maximum absolute atomic E-state index is 13.4. The van der Waals surface area contributed by atoms with E-state index in [1.165, 1.54) is 0 Å². The van der Waals surface area contributed by atoms with Crippen molar-refractivity contribution >= 4 is 23.2 Å². The first-order chi connectivity index (χ1) is 14.5. The number of hydrogen-bond acceptors (Lipinski definition) is 5. The summed E-state index contributed by atoms with van der Waals surface area (Å²) in [5, 5.41) is 2.92. The molecule has 4 unspecified atom stereocenters. The molecule has 2 saturated heterocycles. The molecule has 1 N–H and O–H groups in total. The summed E-state index contributed by atoms with van der Waals surface area (Å²) in [4.78, 5) is 28.2. The number of ether oxygens (including phenoxy) is 3. The fraction of sp³-hybridized carbons (Fsp3) is 0.304. The number of nitrogens with zero attached hydrogens (tertiary/aromatic N) is 1. The number of anilines is 2. The zero-order valence-corrected chi connectivity index (χ0v) is 16.7. The molecule has 2 aromatic rings. The van der Waals surface area contributed by atoms with Gasteiger partial charge in [-0.1, -0.05) is 12.2 Å². The molecule has 3 aliphatic rings. The summed E-state index contributed by atoms with van der Waals surface area (Å²) in [5.41, 5.74) is 0.655. The van der Waals surface area contributed by atoms with Crippen molar-refractivity contribution in [3.8, 4) is 11.5 Å². The van der Waals surface area contributed by atoms with Gasteiger partial charge in [-0.2, -0.15) is 0 Å². The topological polar surface area (TPSA) is 77.1 Å². The molecule has 7 heteroatoms. The zero-order chi connectivity index (χ0) is 20.9. The third-order valence-corrected chi connectivity index (χ3v) is 6.14. The summed E-state index contributed by atoms with van der Waals surface area (Å²) >= 11 is 0. The summed E-state index contributed by atoms with van der Waals surface area (Å²) in [6.45, 7) is 0.391. The normalized spacial score (nSPS) is 28.5. The number of nitrogens with one attached hydrogen (secondary N) is 1. The average Bonchev–Trinajstić information content (AvgIpc) is 3.42. The van der Waals surface area contributed by atoms with E-state index in [0.29, 0.717) is 18.0 Å². The van der Waals surface area contributed by atoms with Crippen LogP contribution in [0.15, 0.2) is 60.7 Å². The van der Waals surface area contributed by atoms with Crippen LogP contribution in [0.25, 0.3) is 0 Å². The highest BCUT2D eigenvalue weighted by atomic mass is 16.5. The van der Waals surface area contributed by atoms with Gasteiger partial charge >= 0.3 is 0 Å². The Morgan fingerprint density at radius 3 is 2.33 bits per heavy atom. The van der Waals surface area contributed by atoms with Gasteiger partial charge in [0.2, 0.25) is 11.8 Å². The molecule has 30 heavy (non-hydrogen) atoms. The maximum atomic E-state index is 13.4. The van der Waals surface area contributed by atoms with Gasteiger partial charge in [-0.15, -0.1) is 0 Å². The standard InChI is InChI=1S/C23H22N2O5/c1-28-16-7-3-14(4-8-16)24-21(26)19-18-11-12-23(30-18)13-25(22(27)20(19)23)15-5-9-17(29-2)10-6-15/h3-12,18-20H,13H2,1-2H3,(H,24,26). The lowest BCUT2D eigenvalue weighted by Crippen LogP contribution is -2.41. The van der Waals surface area contributed by atoms with Crippen molar-refractivity contribution in [3.63, 3.8) is 0 Å². The molecule has 2 fully saturated rings. The van der Waals surface area contributed by atoms with Gasteiger partial charge in [0.25, 0.3) is 0 Å². The van der Waals surface area contributed by atoms with Gasteiger partial charge in [-0.05, 0) is 48.5 Å². The van der Waals surface area contributed by atoms with Crippen LogP contribution >= 0.6 is 0 Å². The van der Waals surface area contributed by atoms with E-state index in [2.05, 4.69) is 5.32 Å². The largest absolute Gasteiger partial charge is 0.497 e. The van der Waals surface area contributed by atoms with Gasteiger partial charge in [0.05, 0.1) is 38.7 Å². The number of benzene rings is 2. The third-order valence-electron chi connectivity index (χ3n) is 6.14. The van der Waals surface area contributed by atoms with Crippen molar-refractivity contribution in [2.45, 2.75) is 11.7 Å². The van der Waals surface area contributed by atoms with Crippen LogP contribution < -0.4 is 19.7 Å². The summed E-state index contributed by atoms with van der Waals surface area (Å²) in [6, 6.07) is 14.4. The minimum absolute atomic E-state index is 0.0955. The van der Waals surface area contributed by atoms with E-state index >= 15 is 0 Å². The molecule has 2 amide bonds. The summed E-state index contributed by atoms with van der Waals surface area (Å²) in [7, 11) is 3.19. The molecule has 5 rings (SSSR count). The Morgan fingerprint density at radius 2 is 1.70 bits per heavy atom. The Morgan fingerprint density at radius 1 is 1.07 bits per heavy atom. The smallest absolute Gasteiger partial charge is 0.234 e. The van der Waals surface area contributed by atoms with Gasteiger partial charge in [0.15, 0.2) is 0 Å². The predicted octanol–water partition coefficient (Wildman–Crippen LogP) is 2.63. The first kappa shape index (κ1) is 18.7. The quantitative estimate of drug-likeness (QED) is 0.773. The number of rotatable bonds is 5. The highest BCUT2D eigenvalue weighted by Gasteiger charge is 2.67. The second-order valence-corrected chi connectivity index (χ2v) is 7.74. The lowest BCUT2D eigenvalue weighted by molar-refractivity contribution is -0.128. The second kappa shape index (κ2) is 6.88. The van der Waals surface area contributed by atoms with Gasteiger partial charge in [0, 0.05) is 11.4 Å². The van der Waals surface area contributed by atoms with Crippen molar-refractivity contribution in [2.24, 2.45) is 11.8 Å².